The Morgan fingerprint density at radius 1 is 0.815 bits per heavy atom. The number of rotatable bonds is 8. The molecule has 1 aromatic rings. The number of aliphatic hydroxyl groups excluding tert-OH is 2. The lowest BCUT2D eigenvalue weighted by molar-refractivity contribution is -0.157. The van der Waals surface area contributed by atoms with Crippen molar-refractivity contribution in [3.63, 3.8) is 0 Å². The van der Waals surface area contributed by atoms with Crippen molar-refractivity contribution in [1.82, 2.24) is 20.0 Å². The minimum Gasteiger partial charge on any atom is -0.393 e. The van der Waals surface area contributed by atoms with Gasteiger partial charge in [0.05, 0.1) is 12.2 Å². The molecule has 3 N–H and O–H groups in total. The molecule has 0 spiro atoms. The zero-order valence-corrected chi connectivity index (χ0v) is 33.2. The van der Waals surface area contributed by atoms with Crippen LogP contribution in [-0.4, -0.2) is 106 Å². The summed E-state index contributed by atoms with van der Waals surface area (Å²) in [7, 11) is 0. The van der Waals surface area contributed by atoms with E-state index >= 15 is 0 Å². The van der Waals surface area contributed by atoms with Crippen LogP contribution in [0.4, 0.5) is 0 Å². The van der Waals surface area contributed by atoms with Crippen LogP contribution in [0.15, 0.2) is 30.3 Å². The molecule has 9 nitrogen and oxygen atoms in total. The van der Waals surface area contributed by atoms with Gasteiger partial charge in [0.2, 0.25) is 17.7 Å². The first kappa shape index (κ1) is 38.4. The van der Waals surface area contributed by atoms with Gasteiger partial charge in [-0.15, -0.1) is 0 Å². The van der Waals surface area contributed by atoms with Gasteiger partial charge < -0.3 is 25.3 Å². The second-order valence-electron chi connectivity index (χ2n) is 19.4. The van der Waals surface area contributed by atoms with E-state index in [-0.39, 0.29) is 46.8 Å². The van der Waals surface area contributed by atoms with Gasteiger partial charge in [0.25, 0.3) is 0 Å². The molecule has 8 rings (SSSR count). The van der Waals surface area contributed by atoms with Crippen LogP contribution in [0.3, 0.4) is 0 Å². The number of carbonyl (C=O) groups is 3. The molecule has 7 aliphatic rings. The van der Waals surface area contributed by atoms with Gasteiger partial charge in [-0.3, -0.25) is 19.3 Å². The molecule has 5 aliphatic carbocycles. The molecule has 0 unspecified atom stereocenters. The molecule has 2 aliphatic heterocycles. The molecular formula is C45H68N4O5. The molecule has 11 atom stereocenters. The van der Waals surface area contributed by atoms with Gasteiger partial charge in [-0.2, -0.15) is 0 Å². The van der Waals surface area contributed by atoms with E-state index in [1.807, 2.05) is 35.2 Å². The number of nitrogens with zero attached hydrogens (tertiary/aromatic N) is 3. The molecule has 0 bridgehead atoms. The Balaban J connectivity index is 0.913. The van der Waals surface area contributed by atoms with Gasteiger partial charge >= 0.3 is 0 Å². The van der Waals surface area contributed by atoms with Crippen molar-refractivity contribution in [2.45, 2.75) is 153 Å². The average Bonchev–Trinajstić information content (AvgIpc) is 3.80. The summed E-state index contributed by atoms with van der Waals surface area (Å²) >= 11 is 0. The zero-order valence-electron chi connectivity index (χ0n) is 33.2. The first-order chi connectivity index (χ1) is 26.0. The van der Waals surface area contributed by atoms with Crippen molar-refractivity contribution in [3.05, 3.63) is 35.9 Å². The number of piperazine rings is 1. The Bertz CT molecular complexity index is 1490. The number of likely N-dealkylation sites (tertiary alicyclic amines) is 1. The minimum absolute atomic E-state index is 0.0553. The summed E-state index contributed by atoms with van der Waals surface area (Å²) in [4.78, 5) is 47.9. The predicted molar refractivity (Wildman–Crippen MR) is 209 cm³/mol. The fourth-order valence-electron chi connectivity index (χ4n) is 13.5. The largest absolute Gasteiger partial charge is 0.393 e. The molecule has 1 aromatic carbocycles. The van der Waals surface area contributed by atoms with E-state index < -0.39 is 12.1 Å². The summed E-state index contributed by atoms with van der Waals surface area (Å²) in [6.45, 7) is 8.08. The summed E-state index contributed by atoms with van der Waals surface area (Å²) in [5.74, 6) is 2.75. The number of carbonyl (C=O) groups excluding carboxylic acids is 3. The fourth-order valence-corrected chi connectivity index (χ4v) is 13.5. The molecule has 54 heavy (non-hydrogen) atoms. The third kappa shape index (κ3) is 7.28. The number of amides is 3. The standard InChI is InChI=1S/C45H68N4O5/c1-44-20-19-35-33(34(44)17-18-40(44)51)16-15-32-28-39(50)38(29-45(32,35)2)47-22-24-48(25-23-47)43(54)36(26-30-10-5-3-6-11-30)46-42(53)37-14-9-21-49(37)41(52)27-31-12-7-4-8-13-31/h3,5-6,10-11,31-40,50-51H,4,7-9,12-29H2,1-2H3,(H,46,53)/t32-,33-,34-,35-,36-,37-,38-,39-,40-,44-,45-/m0/s1. The molecule has 298 valence electrons. The number of hydrogen-bond donors (Lipinski definition) is 3. The predicted octanol–water partition coefficient (Wildman–Crippen LogP) is 5.56. The first-order valence-corrected chi connectivity index (χ1v) is 22.1. The SMILES string of the molecule is C[C@]12C[C@H](N3CCN(C(=O)[C@H](Cc4ccccc4)NC(=O)[C@@H]4CCCN4C(=O)CC4CCCCC4)CC3)[C@@H](O)C[C@@H]1CC[C@@H]1[C@@H]2CC[C@]2(C)[C@@H](O)CC[C@@H]12. The average molecular weight is 745 g/mol. The van der Waals surface area contributed by atoms with Gasteiger partial charge in [0.1, 0.15) is 12.1 Å². The highest BCUT2D eigenvalue weighted by Gasteiger charge is 2.61. The van der Waals surface area contributed by atoms with E-state index in [4.69, 9.17) is 0 Å². The number of benzene rings is 1. The van der Waals surface area contributed by atoms with Crippen LogP contribution < -0.4 is 5.32 Å². The highest BCUT2D eigenvalue weighted by Crippen LogP contribution is 2.66. The third-order valence-electron chi connectivity index (χ3n) is 16.7. The molecule has 7 fully saturated rings. The van der Waals surface area contributed by atoms with Crippen molar-refractivity contribution in [2.24, 2.45) is 40.4 Å². The van der Waals surface area contributed by atoms with Crippen LogP contribution in [0.1, 0.15) is 122 Å². The molecule has 9 heteroatoms. The van der Waals surface area contributed by atoms with Gasteiger partial charge in [0, 0.05) is 51.6 Å². The molecule has 0 aromatic heterocycles. The summed E-state index contributed by atoms with van der Waals surface area (Å²) in [5.41, 5.74) is 1.26. The lowest BCUT2D eigenvalue weighted by Crippen LogP contribution is -2.63. The van der Waals surface area contributed by atoms with Gasteiger partial charge in [0.15, 0.2) is 0 Å². The maximum atomic E-state index is 14.4. The summed E-state index contributed by atoms with van der Waals surface area (Å²) in [5, 5.41) is 25.8. The second kappa shape index (κ2) is 15.8. The Morgan fingerprint density at radius 2 is 1.56 bits per heavy atom. The Hall–Kier alpha value is -2.49. The quantitative estimate of drug-likeness (QED) is 0.322. The van der Waals surface area contributed by atoms with Crippen molar-refractivity contribution < 1.29 is 24.6 Å². The maximum Gasteiger partial charge on any atom is 0.245 e. The lowest BCUT2D eigenvalue weighted by atomic mass is 9.44. The van der Waals surface area contributed by atoms with E-state index in [1.165, 1.54) is 38.5 Å². The van der Waals surface area contributed by atoms with E-state index in [0.717, 1.165) is 56.9 Å². The molecule has 0 radical (unpaired) electrons. The Kier molecular flexibility index (Phi) is 11.2. The van der Waals surface area contributed by atoms with Crippen LogP contribution in [0.2, 0.25) is 0 Å². The van der Waals surface area contributed by atoms with Crippen molar-refractivity contribution in [1.29, 1.82) is 0 Å². The maximum absolute atomic E-state index is 14.4. The number of nitrogens with one attached hydrogen (secondary N) is 1. The van der Waals surface area contributed by atoms with Crippen LogP contribution >= 0.6 is 0 Å². The summed E-state index contributed by atoms with van der Waals surface area (Å²) in [6, 6.07) is 8.80. The minimum atomic E-state index is -0.701. The van der Waals surface area contributed by atoms with E-state index in [1.54, 1.807) is 4.90 Å². The van der Waals surface area contributed by atoms with Crippen LogP contribution in [0.5, 0.6) is 0 Å². The Morgan fingerprint density at radius 3 is 2.31 bits per heavy atom. The lowest BCUT2D eigenvalue weighted by Gasteiger charge is -2.62. The molecule has 5 saturated carbocycles. The van der Waals surface area contributed by atoms with E-state index in [0.29, 0.717) is 81.6 Å². The van der Waals surface area contributed by atoms with Crippen molar-refractivity contribution in [2.75, 3.05) is 32.7 Å². The van der Waals surface area contributed by atoms with Crippen LogP contribution in [-0.2, 0) is 20.8 Å². The van der Waals surface area contributed by atoms with Crippen LogP contribution in [0, 0.1) is 40.4 Å². The molecule has 2 heterocycles. The van der Waals surface area contributed by atoms with E-state index in [2.05, 4.69) is 24.1 Å². The number of fused-ring (bicyclic) bond motifs is 5. The monoisotopic (exact) mass is 745 g/mol. The summed E-state index contributed by atoms with van der Waals surface area (Å²) in [6.07, 6.45) is 16.4. The normalized spacial score (nSPS) is 39.3. The molecular weight excluding hydrogens is 677 g/mol. The molecule has 3 amide bonds. The van der Waals surface area contributed by atoms with Crippen LogP contribution in [0.25, 0.3) is 0 Å². The van der Waals surface area contributed by atoms with Gasteiger partial charge in [-0.25, -0.2) is 0 Å². The first-order valence-electron chi connectivity index (χ1n) is 22.1. The fraction of sp³-hybridized carbons (Fsp3) is 0.800. The highest BCUT2D eigenvalue weighted by molar-refractivity contribution is 5.92. The molecule has 2 saturated heterocycles. The number of aliphatic hydroxyl groups is 2. The van der Waals surface area contributed by atoms with Crippen molar-refractivity contribution >= 4 is 17.7 Å². The highest BCUT2D eigenvalue weighted by atomic mass is 16.3. The van der Waals surface area contributed by atoms with Gasteiger partial charge in [-0.1, -0.05) is 63.4 Å². The Labute approximate surface area is 324 Å². The third-order valence-corrected chi connectivity index (χ3v) is 16.7. The number of hydrogen-bond acceptors (Lipinski definition) is 6. The van der Waals surface area contributed by atoms with Gasteiger partial charge in [-0.05, 0) is 123 Å². The smallest absolute Gasteiger partial charge is 0.245 e. The summed E-state index contributed by atoms with van der Waals surface area (Å²) < 4.78 is 0. The zero-order chi connectivity index (χ0) is 37.6. The second-order valence-corrected chi connectivity index (χ2v) is 19.4. The van der Waals surface area contributed by atoms with E-state index in [9.17, 15) is 24.6 Å². The topological polar surface area (TPSA) is 113 Å². The van der Waals surface area contributed by atoms with Crippen molar-refractivity contribution in [3.8, 4) is 0 Å².